The van der Waals surface area contributed by atoms with Crippen molar-refractivity contribution in [2.24, 2.45) is 11.5 Å². The summed E-state index contributed by atoms with van der Waals surface area (Å²) in [5.41, 5.74) is 10.7. The zero-order chi connectivity index (χ0) is 7.66. The van der Waals surface area contributed by atoms with Gasteiger partial charge in [0.15, 0.2) is 0 Å². The number of unbranched alkanes of at least 4 members (excludes halogenated alkanes) is 5. The summed E-state index contributed by atoms with van der Waals surface area (Å²) in [7, 11) is 0. The first kappa shape index (κ1) is 24.6. The van der Waals surface area contributed by atoms with Gasteiger partial charge in [0.2, 0.25) is 0 Å². The number of hydrogen-bond acceptors (Lipinski definition) is 2. The number of hydrogen-bond donors (Lipinski definition) is 2. The maximum absolute atomic E-state index is 5.35. The van der Waals surface area contributed by atoms with Crippen molar-refractivity contribution in [1.82, 2.24) is 0 Å². The topological polar surface area (TPSA) is 52.0 Å². The third kappa shape index (κ3) is 25.0. The van der Waals surface area contributed by atoms with Crippen LogP contribution in [0.4, 0.5) is 0 Å². The fourth-order valence-electron chi connectivity index (χ4n) is 0.996. The first-order chi connectivity index (χ1) is 4.91. The zero-order valence-corrected chi connectivity index (χ0v) is 12.3. The fourth-order valence-corrected chi connectivity index (χ4v) is 0.996. The summed E-state index contributed by atoms with van der Waals surface area (Å²) in [6.45, 7) is 1.69. The summed E-state index contributed by atoms with van der Waals surface area (Å²) >= 11 is 0. The Morgan fingerprint density at radius 1 is 0.538 bits per heavy atom. The van der Waals surface area contributed by atoms with Gasteiger partial charge in [-0.2, -0.15) is 0 Å². The van der Waals surface area contributed by atoms with Crippen molar-refractivity contribution in [3.05, 3.63) is 0 Å². The Morgan fingerprint density at radius 2 is 0.769 bits per heavy atom. The molecule has 0 amide bonds. The molecule has 0 aromatic rings. The van der Waals surface area contributed by atoms with Crippen LogP contribution in [0.15, 0.2) is 0 Å². The Morgan fingerprint density at radius 3 is 1.00 bits per heavy atom. The van der Waals surface area contributed by atoms with E-state index in [4.69, 9.17) is 11.5 Å². The molecule has 13 heavy (non-hydrogen) atoms. The van der Waals surface area contributed by atoms with E-state index in [1.807, 2.05) is 0 Å². The molecular weight excluding hydrogens is 401 g/mol. The van der Waals surface area contributed by atoms with Gasteiger partial charge in [0.05, 0.1) is 0 Å². The van der Waals surface area contributed by atoms with Crippen LogP contribution in [0.3, 0.4) is 0 Å². The van der Waals surface area contributed by atoms with Crippen molar-refractivity contribution in [3.63, 3.8) is 0 Å². The van der Waals surface area contributed by atoms with Crippen molar-refractivity contribution < 1.29 is 0 Å². The summed E-state index contributed by atoms with van der Waals surface area (Å²) in [6.07, 6.45) is 7.61. The van der Waals surface area contributed by atoms with Crippen LogP contribution < -0.4 is 11.5 Å². The van der Waals surface area contributed by atoms with Crippen LogP contribution in [-0.4, -0.2) is 42.6 Å². The first-order valence-electron chi connectivity index (χ1n) is 4.32. The van der Waals surface area contributed by atoms with Gasteiger partial charge in [-0.25, -0.2) is 0 Å². The summed E-state index contributed by atoms with van der Waals surface area (Å²) < 4.78 is 0. The molecule has 4 N–H and O–H groups in total. The molecule has 0 saturated carbocycles. The predicted octanol–water partition coefficient (Wildman–Crippen LogP) is 1.83. The van der Waals surface area contributed by atoms with Gasteiger partial charge < -0.3 is 11.5 Å². The summed E-state index contributed by atoms with van der Waals surface area (Å²) in [5, 5.41) is 0. The van der Waals surface area contributed by atoms with Gasteiger partial charge in [0.1, 0.15) is 0 Å². The van der Waals surface area contributed by atoms with Gasteiger partial charge >= 0.3 is 29.6 Å². The van der Waals surface area contributed by atoms with Crippen LogP contribution in [-0.2, 0) is 0 Å². The Labute approximate surface area is 139 Å². The van der Waals surface area contributed by atoms with Crippen molar-refractivity contribution >= 4 is 77.5 Å². The quantitative estimate of drug-likeness (QED) is 0.373. The molecule has 0 radical (unpaired) electrons. The van der Waals surface area contributed by atoms with E-state index < -0.39 is 0 Å². The second-order valence-electron chi connectivity index (χ2n) is 2.70. The van der Waals surface area contributed by atoms with Crippen LogP contribution in [0.25, 0.3) is 0 Å². The minimum atomic E-state index is 0. The SMILES string of the molecule is I.I.NCCCCCCCCN.[NaH]. The third-order valence-corrected chi connectivity index (χ3v) is 1.66. The van der Waals surface area contributed by atoms with Crippen LogP contribution in [0, 0.1) is 0 Å². The molecule has 0 aliphatic heterocycles. The molecule has 0 bridgehead atoms. The van der Waals surface area contributed by atoms with Crippen molar-refractivity contribution in [3.8, 4) is 0 Å². The molecule has 0 aromatic heterocycles. The second kappa shape index (κ2) is 23.9. The third-order valence-electron chi connectivity index (χ3n) is 1.66. The zero-order valence-electron chi connectivity index (χ0n) is 7.63. The van der Waals surface area contributed by atoms with Gasteiger partial charge in [-0.1, -0.05) is 25.7 Å². The van der Waals surface area contributed by atoms with E-state index in [2.05, 4.69) is 0 Å². The van der Waals surface area contributed by atoms with E-state index >= 15 is 0 Å². The fraction of sp³-hybridized carbons (Fsp3) is 1.00. The molecular formula is C8H23I2N2Na. The van der Waals surface area contributed by atoms with Crippen molar-refractivity contribution in [2.75, 3.05) is 13.1 Å². The maximum atomic E-state index is 5.35. The molecule has 2 nitrogen and oxygen atoms in total. The van der Waals surface area contributed by atoms with Gasteiger partial charge in [-0.15, -0.1) is 48.0 Å². The summed E-state index contributed by atoms with van der Waals surface area (Å²) in [5.74, 6) is 0. The van der Waals surface area contributed by atoms with E-state index in [0.717, 1.165) is 13.1 Å². The average molecular weight is 424 g/mol. The summed E-state index contributed by atoms with van der Waals surface area (Å²) in [6, 6.07) is 0. The monoisotopic (exact) mass is 424 g/mol. The van der Waals surface area contributed by atoms with Gasteiger partial charge in [-0.05, 0) is 25.9 Å². The molecule has 5 heteroatoms. The molecule has 0 fully saturated rings. The molecule has 80 valence electrons. The molecule has 0 aliphatic rings. The van der Waals surface area contributed by atoms with Crippen LogP contribution >= 0.6 is 48.0 Å². The van der Waals surface area contributed by atoms with E-state index in [0.29, 0.717) is 0 Å². The van der Waals surface area contributed by atoms with Crippen LogP contribution in [0.5, 0.6) is 0 Å². The molecule has 0 rings (SSSR count). The average Bonchev–Trinajstić information content (AvgIpc) is 1.97. The Hall–Kier alpha value is 2.38. The van der Waals surface area contributed by atoms with E-state index in [1.54, 1.807) is 0 Å². The standard InChI is InChI=1S/C8H20N2.2HI.Na.H/c9-7-5-3-1-2-4-6-8-10;;;;/h1-10H2;2*1H;;. The van der Waals surface area contributed by atoms with E-state index in [1.165, 1.54) is 38.5 Å². The van der Waals surface area contributed by atoms with E-state index in [-0.39, 0.29) is 77.5 Å². The molecule has 0 spiro atoms. The summed E-state index contributed by atoms with van der Waals surface area (Å²) in [4.78, 5) is 0. The number of rotatable bonds is 7. The van der Waals surface area contributed by atoms with Crippen molar-refractivity contribution in [1.29, 1.82) is 0 Å². The van der Waals surface area contributed by atoms with Gasteiger partial charge in [0.25, 0.3) is 0 Å². The molecule has 0 aromatic carbocycles. The number of halogens is 2. The molecule has 0 unspecified atom stereocenters. The number of nitrogens with two attached hydrogens (primary N) is 2. The molecule has 0 aliphatic carbocycles. The van der Waals surface area contributed by atoms with Gasteiger partial charge in [-0.3, -0.25) is 0 Å². The van der Waals surface area contributed by atoms with Crippen LogP contribution in [0.1, 0.15) is 38.5 Å². The van der Waals surface area contributed by atoms with E-state index in [9.17, 15) is 0 Å². The van der Waals surface area contributed by atoms with Gasteiger partial charge in [0, 0.05) is 0 Å². The normalized spacial score (nSPS) is 7.85. The van der Waals surface area contributed by atoms with Crippen LogP contribution in [0.2, 0.25) is 0 Å². The Kier molecular flexibility index (Phi) is 45.1. The van der Waals surface area contributed by atoms with Crippen molar-refractivity contribution in [2.45, 2.75) is 38.5 Å². The minimum absolute atomic E-state index is 0. The molecule has 0 atom stereocenters. The second-order valence-corrected chi connectivity index (χ2v) is 2.70. The first-order valence-corrected chi connectivity index (χ1v) is 4.32. The predicted molar refractivity (Wildman–Crippen MR) is 83.8 cm³/mol. The Balaban J connectivity index is -0.000000135. The molecule has 0 heterocycles. The Bertz CT molecular complexity index is 60.1. The molecule has 0 saturated heterocycles.